The number of nitrogens with one attached hydrogen (secondary N) is 1. The predicted octanol–water partition coefficient (Wildman–Crippen LogP) is 1.72. The molecule has 2 N–H and O–H groups in total. The number of ether oxygens (including phenoxy) is 1. The molecule has 1 amide bonds. The standard InChI is InChI=1S/C27H36N4O4/c1-29-24-21(22(17-32)25(29)26(33)28-12-15-30-13-4-3-5-14-30)16-31-23(24)11-10-20(27(31)34)18-6-8-19(35-2)9-7-18/h6-11,21-22,24-25,32H,3-5,12-17H2,1-2H3,(H,28,33)/t21-,22-,24+,25-/m0/s1. The first-order valence-electron chi connectivity index (χ1n) is 12.7. The maximum atomic E-state index is 13.4. The lowest BCUT2D eigenvalue weighted by molar-refractivity contribution is -0.127. The quantitative estimate of drug-likeness (QED) is 0.628. The van der Waals surface area contributed by atoms with Crippen molar-refractivity contribution < 1.29 is 14.6 Å². The molecule has 188 valence electrons. The zero-order valence-electron chi connectivity index (χ0n) is 20.7. The number of benzene rings is 1. The van der Waals surface area contributed by atoms with Crippen LogP contribution in [0.3, 0.4) is 0 Å². The lowest BCUT2D eigenvalue weighted by atomic mass is 9.88. The van der Waals surface area contributed by atoms with E-state index in [1.807, 2.05) is 48.0 Å². The Balaban J connectivity index is 1.33. The summed E-state index contributed by atoms with van der Waals surface area (Å²) in [7, 11) is 3.56. The molecule has 2 saturated heterocycles. The summed E-state index contributed by atoms with van der Waals surface area (Å²) in [5.74, 6) is 0.518. The lowest BCUT2D eigenvalue weighted by Gasteiger charge is -2.29. The highest BCUT2D eigenvalue weighted by Gasteiger charge is 2.54. The fourth-order valence-corrected chi connectivity index (χ4v) is 6.39. The third-order valence-corrected chi connectivity index (χ3v) is 8.20. The number of likely N-dealkylation sites (tertiary alicyclic amines) is 2. The van der Waals surface area contributed by atoms with E-state index >= 15 is 0 Å². The summed E-state index contributed by atoms with van der Waals surface area (Å²) >= 11 is 0. The number of aliphatic hydroxyl groups is 1. The topological polar surface area (TPSA) is 87.0 Å². The van der Waals surface area contributed by atoms with Gasteiger partial charge in [-0.15, -0.1) is 0 Å². The summed E-state index contributed by atoms with van der Waals surface area (Å²) in [5, 5.41) is 13.4. The number of methoxy groups -OCH3 is 1. The summed E-state index contributed by atoms with van der Waals surface area (Å²) in [4.78, 5) is 31.1. The molecule has 0 unspecified atom stereocenters. The van der Waals surface area contributed by atoms with Crippen LogP contribution >= 0.6 is 0 Å². The van der Waals surface area contributed by atoms with Crippen molar-refractivity contribution in [3.05, 3.63) is 52.4 Å². The zero-order chi connectivity index (χ0) is 24.5. The molecule has 4 atom stereocenters. The highest BCUT2D eigenvalue weighted by Crippen LogP contribution is 2.48. The van der Waals surface area contributed by atoms with E-state index in [2.05, 4.69) is 15.1 Å². The Morgan fingerprint density at radius 1 is 1.11 bits per heavy atom. The monoisotopic (exact) mass is 480 g/mol. The van der Waals surface area contributed by atoms with E-state index < -0.39 is 6.04 Å². The van der Waals surface area contributed by atoms with Crippen LogP contribution in [-0.4, -0.2) is 78.4 Å². The van der Waals surface area contributed by atoms with Gasteiger partial charge >= 0.3 is 0 Å². The smallest absolute Gasteiger partial charge is 0.258 e. The minimum Gasteiger partial charge on any atom is -0.497 e. The van der Waals surface area contributed by atoms with E-state index in [9.17, 15) is 14.7 Å². The molecule has 1 aromatic carbocycles. The molecule has 2 fully saturated rings. The third-order valence-electron chi connectivity index (χ3n) is 8.20. The number of likely N-dealkylation sites (N-methyl/N-ethyl adjacent to an activating group) is 1. The third kappa shape index (κ3) is 4.39. The van der Waals surface area contributed by atoms with Gasteiger partial charge in [0.05, 0.1) is 19.2 Å². The van der Waals surface area contributed by atoms with Crippen LogP contribution in [0.5, 0.6) is 5.75 Å². The summed E-state index contributed by atoms with van der Waals surface area (Å²) in [6.45, 7) is 4.13. The Labute approximate surface area is 206 Å². The van der Waals surface area contributed by atoms with Crippen molar-refractivity contribution >= 4 is 5.91 Å². The van der Waals surface area contributed by atoms with Gasteiger partial charge in [0.25, 0.3) is 5.56 Å². The van der Waals surface area contributed by atoms with Crippen LogP contribution in [0.2, 0.25) is 0 Å². The van der Waals surface area contributed by atoms with E-state index in [0.29, 0.717) is 18.7 Å². The van der Waals surface area contributed by atoms with Gasteiger partial charge in [-0.05, 0) is 62.8 Å². The SMILES string of the molecule is COc1ccc(-c2ccc3n(c2=O)C[C@H]2[C@H](CO)[C@@H](C(=O)NCCN4CCCCC4)N(C)[C@@H]32)cc1. The van der Waals surface area contributed by atoms with Crippen LogP contribution < -0.4 is 15.6 Å². The predicted molar refractivity (Wildman–Crippen MR) is 134 cm³/mol. The van der Waals surface area contributed by atoms with Crippen LogP contribution in [0.15, 0.2) is 41.2 Å². The van der Waals surface area contributed by atoms with Crippen LogP contribution in [0.25, 0.3) is 11.1 Å². The molecule has 8 nitrogen and oxygen atoms in total. The molecular weight excluding hydrogens is 444 g/mol. The average Bonchev–Trinajstić information content (AvgIpc) is 3.40. The van der Waals surface area contributed by atoms with Crippen LogP contribution in [0.4, 0.5) is 0 Å². The average molecular weight is 481 g/mol. The van der Waals surface area contributed by atoms with Crippen LogP contribution in [0.1, 0.15) is 31.0 Å². The molecule has 0 radical (unpaired) electrons. The number of rotatable bonds is 7. The Hall–Kier alpha value is -2.68. The van der Waals surface area contributed by atoms with Crippen molar-refractivity contribution in [3.63, 3.8) is 0 Å². The van der Waals surface area contributed by atoms with Crippen molar-refractivity contribution in [1.29, 1.82) is 0 Å². The zero-order valence-corrected chi connectivity index (χ0v) is 20.7. The van der Waals surface area contributed by atoms with E-state index in [4.69, 9.17) is 4.74 Å². The van der Waals surface area contributed by atoms with E-state index in [1.165, 1.54) is 19.3 Å². The minimum atomic E-state index is -0.401. The minimum absolute atomic E-state index is 0.0154. The number of carbonyl (C=O) groups is 1. The molecule has 3 aliphatic rings. The molecule has 0 aliphatic carbocycles. The van der Waals surface area contributed by atoms with Gasteiger partial charge in [0.2, 0.25) is 5.91 Å². The van der Waals surface area contributed by atoms with Gasteiger partial charge < -0.3 is 24.6 Å². The second-order valence-electron chi connectivity index (χ2n) is 10.1. The molecule has 0 spiro atoms. The van der Waals surface area contributed by atoms with E-state index in [-0.39, 0.29) is 36.0 Å². The molecule has 5 rings (SSSR count). The summed E-state index contributed by atoms with van der Waals surface area (Å²) in [6, 6.07) is 10.9. The highest BCUT2D eigenvalue weighted by molar-refractivity contribution is 5.82. The van der Waals surface area contributed by atoms with Crippen molar-refractivity contribution in [1.82, 2.24) is 19.7 Å². The largest absolute Gasteiger partial charge is 0.497 e. The fraction of sp³-hybridized carbons (Fsp3) is 0.556. The van der Waals surface area contributed by atoms with Gasteiger partial charge in [0, 0.05) is 49.3 Å². The maximum Gasteiger partial charge on any atom is 0.258 e. The number of hydrogen-bond donors (Lipinski definition) is 2. The molecule has 2 aromatic rings. The molecule has 1 aromatic heterocycles. The first-order chi connectivity index (χ1) is 17.0. The maximum absolute atomic E-state index is 13.4. The Morgan fingerprint density at radius 2 is 1.86 bits per heavy atom. The Kier molecular flexibility index (Phi) is 6.95. The van der Waals surface area contributed by atoms with Crippen LogP contribution in [-0.2, 0) is 11.3 Å². The molecule has 8 heteroatoms. The molecule has 0 bridgehead atoms. The fourth-order valence-electron chi connectivity index (χ4n) is 6.39. The number of pyridine rings is 1. The normalized spacial score (nSPS) is 26.4. The summed E-state index contributed by atoms with van der Waals surface area (Å²) < 4.78 is 7.06. The second-order valence-corrected chi connectivity index (χ2v) is 10.1. The number of hydrogen-bond acceptors (Lipinski definition) is 6. The number of nitrogens with zero attached hydrogens (tertiary/aromatic N) is 3. The van der Waals surface area contributed by atoms with Crippen molar-refractivity contribution in [2.45, 2.75) is 37.9 Å². The van der Waals surface area contributed by atoms with Crippen molar-refractivity contribution in [2.75, 3.05) is 46.9 Å². The molecular formula is C27H36N4O4. The van der Waals surface area contributed by atoms with Gasteiger partial charge in [0.1, 0.15) is 5.75 Å². The van der Waals surface area contributed by atoms with Gasteiger partial charge in [-0.2, -0.15) is 0 Å². The number of carbonyl (C=O) groups excluding carboxylic acids is 1. The van der Waals surface area contributed by atoms with Crippen molar-refractivity contribution in [2.24, 2.45) is 11.8 Å². The lowest BCUT2D eigenvalue weighted by Crippen LogP contribution is -2.48. The first-order valence-corrected chi connectivity index (χ1v) is 12.7. The van der Waals surface area contributed by atoms with E-state index in [0.717, 1.165) is 36.6 Å². The van der Waals surface area contributed by atoms with Gasteiger partial charge in [-0.25, -0.2) is 0 Å². The van der Waals surface area contributed by atoms with Gasteiger partial charge in [0.15, 0.2) is 0 Å². The highest BCUT2D eigenvalue weighted by atomic mass is 16.5. The van der Waals surface area contributed by atoms with Gasteiger partial charge in [-0.3, -0.25) is 14.5 Å². The van der Waals surface area contributed by atoms with E-state index in [1.54, 1.807) is 7.11 Å². The molecule has 35 heavy (non-hydrogen) atoms. The summed E-state index contributed by atoms with van der Waals surface area (Å²) in [6.07, 6.45) is 3.76. The Morgan fingerprint density at radius 3 is 2.54 bits per heavy atom. The molecule has 4 heterocycles. The number of aliphatic hydroxyl groups excluding tert-OH is 1. The number of fused-ring (bicyclic) bond motifs is 3. The number of amides is 1. The molecule has 0 saturated carbocycles. The summed E-state index contributed by atoms with van der Waals surface area (Å²) in [5.41, 5.74) is 2.38. The second kappa shape index (κ2) is 10.1. The molecule has 3 aliphatic heterocycles. The Bertz CT molecular complexity index is 1110. The van der Waals surface area contributed by atoms with Crippen molar-refractivity contribution in [3.8, 4) is 16.9 Å². The first kappa shape index (κ1) is 24.0. The number of piperidine rings is 1. The van der Waals surface area contributed by atoms with Crippen LogP contribution in [0, 0.1) is 11.8 Å². The number of aromatic nitrogens is 1. The van der Waals surface area contributed by atoms with Gasteiger partial charge in [-0.1, -0.05) is 18.6 Å².